The molecule has 19 heavy (non-hydrogen) atoms. The maximum atomic E-state index is 12.0. The van der Waals surface area contributed by atoms with Crippen LogP contribution in [0, 0.1) is 0 Å². The predicted octanol–water partition coefficient (Wildman–Crippen LogP) is 1.63. The van der Waals surface area contributed by atoms with Crippen molar-refractivity contribution in [3.05, 3.63) is 35.2 Å². The van der Waals surface area contributed by atoms with Crippen LogP contribution in [0.2, 0.25) is 0 Å². The summed E-state index contributed by atoms with van der Waals surface area (Å²) in [5.41, 5.74) is 0. The standard InChI is InChI=1S/C12H15N3O3S/c1-2-13-12-14-6-10(19-12)11(17)15-8(7-16)9-4-3-5-18-9/h3-6,8,16H,2,7H2,1H3,(H,13,14)(H,15,17). The highest BCUT2D eigenvalue weighted by molar-refractivity contribution is 7.17. The Morgan fingerprint density at radius 3 is 3.11 bits per heavy atom. The number of hydrogen-bond acceptors (Lipinski definition) is 6. The zero-order chi connectivity index (χ0) is 13.7. The second-order valence-corrected chi connectivity index (χ2v) is 4.81. The summed E-state index contributed by atoms with van der Waals surface area (Å²) in [6, 6.07) is 2.87. The number of aromatic nitrogens is 1. The van der Waals surface area contributed by atoms with Gasteiger partial charge in [-0.25, -0.2) is 4.98 Å². The van der Waals surface area contributed by atoms with Gasteiger partial charge < -0.3 is 20.2 Å². The van der Waals surface area contributed by atoms with Gasteiger partial charge in [-0.3, -0.25) is 4.79 Å². The van der Waals surface area contributed by atoms with E-state index < -0.39 is 6.04 Å². The van der Waals surface area contributed by atoms with E-state index in [2.05, 4.69) is 15.6 Å². The van der Waals surface area contributed by atoms with Crippen molar-refractivity contribution in [1.29, 1.82) is 0 Å². The van der Waals surface area contributed by atoms with E-state index >= 15 is 0 Å². The maximum absolute atomic E-state index is 12.0. The fourth-order valence-corrected chi connectivity index (χ4v) is 2.32. The average molecular weight is 281 g/mol. The number of nitrogens with one attached hydrogen (secondary N) is 2. The molecule has 0 fully saturated rings. The molecule has 0 radical (unpaired) electrons. The van der Waals surface area contributed by atoms with Crippen LogP contribution in [-0.4, -0.2) is 29.1 Å². The van der Waals surface area contributed by atoms with E-state index in [4.69, 9.17) is 4.42 Å². The molecule has 0 saturated heterocycles. The number of amides is 1. The number of aliphatic hydroxyl groups excluding tert-OH is 1. The molecule has 1 amide bonds. The van der Waals surface area contributed by atoms with E-state index in [0.29, 0.717) is 15.8 Å². The Hall–Kier alpha value is -1.86. The second kappa shape index (κ2) is 6.35. The van der Waals surface area contributed by atoms with Gasteiger partial charge in [0.2, 0.25) is 0 Å². The van der Waals surface area contributed by atoms with Crippen LogP contribution in [0.1, 0.15) is 28.4 Å². The highest BCUT2D eigenvalue weighted by Crippen LogP contribution is 2.19. The van der Waals surface area contributed by atoms with Crippen LogP contribution in [0.3, 0.4) is 0 Å². The zero-order valence-electron chi connectivity index (χ0n) is 10.4. The summed E-state index contributed by atoms with van der Waals surface area (Å²) >= 11 is 1.27. The molecule has 1 atom stereocenters. The van der Waals surface area contributed by atoms with Gasteiger partial charge in [0, 0.05) is 6.54 Å². The van der Waals surface area contributed by atoms with E-state index in [1.54, 1.807) is 12.1 Å². The fraction of sp³-hybridized carbons (Fsp3) is 0.333. The number of anilines is 1. The lowest BCUT2D eigenvalue weighted by molar-refractivity contribution is 0.0911. The van der Waals surface area contributed by atoms with Crippen LogP contribution in [0.4, 0.5) is 5.13 Å². The van der Waals surface area contributed by atoms with Crippen LogP contribution in [0.15, 0.2) is 29.0 Å². The number of carbonyl (C=O) groups is 1. The van der Waals surface area contributed by atoms with E-state index in [0.717, 1.165) is 6.54 Å². The summed E-state index contributed by atoms with van der Waals surface area (Å²) in [6.07, 6.45) is 3.01. The van der Waals surface area contributed by atoms with Crippen molar-refractivity contribution < 1.29 is 14.3 Å². The van der Waals surface area contributed by atoms with E-state index in [-0.39, 0.29) is 12.5 Å². The minimum absolute atomic E-state index is 0.224. The third-order valence-electron chi connectivity index (χ3n) is 2.43. The SMILES string of the molecule is CCNc1ncc(C(=O)NC(CO)c2ccco2)s1. The molecule has 0 saturated carbocycles. The molecule has 2 aromatic rings. The van der Waals surface area contributed by atoms with Crippen molar-refractivity contribution in [2.24, 2.45) is 0 Å². The quantitative estimate of drug-likeness (QED) is 0.749. The Bertz CT molecular complexity index is 524. The Kier molecular flexibility index (Phi) is 4.53. The number of furan rings is 1. The molecule has 0 aliphatic rings. The lowest BCUT2D eigenvalue weighted by Crippen LogP contribution is -2.29. The van der Waals surface area contributed by atoms with Gasteiger partial charge in [-0.15, -0.1) is 0 Å². The molecule has 7 heteroatoms. The number of nitrogens with zero attached hydrogens (tertiary/aromatic N) is 1. The Morgan fingerprint density at radius 2 is 2.47 bits per heavy atom. The van der Waals surface area contributed by atoms with Crippen molar-refractivity contribution in [3.63, 3.8) is 0 Å². The molecule has 0 bridgehead atoms. The van der Waals surface area contributed by atoms with Crippen LogP contribution in [0.5, 0.6) is 0 Å². The fourth-order valence-electron chi connectivity index (χ4n) is 1.54. The lowest BCUT2D eigenvalue weighted by atomic mass is 10.2. The lowest BCUT2D eigenvalue weighted by Gasteiger charge is -2.12. The Balaban J connectivity index is 2.02. The highest BCUT2D eigenvalue weighted by Gasteiger charge is 2.18. The van der Waals surface area contributed by atoms with Gasteiger partial charge in [0.05, 0.1) is 19.1 Å². The Morgan fingerprint density at radius 1 is 1.63 bits per heavy atom. The first kappa shape index (κ1) is 13.6. The van der Waals surface area contributed by atoms with Gasteiger partial charge in [0.15, 0.2) is 5.13 Å². The molecule has 2 heterocycles. The van der Waals surface area contributed by atoms with Gasteiger partial charge >= 0.3 is 0 Å². The molecule has 0 aliphatic heterocycles. The van der Waals surface area contributed by atoms with Crippen molar-refractivity contribution in [1.82, 2.24) is 10.3 Å². The smallest absolute Gasteiger partial charge is 0.263 e. The van der Waals surface area contributed by atoms with E-state index in [9.17, 15) is 9.90 Å². The van der Waals surface area contributed by atoms with Crippen molar-refractivity contribution in [2.45, 2.75) is 13.0 Å². The first-order valence-electron chi connectivity index (χ1n) is 5.89. The summed E-state index contributed by atoms with van der Waals surface area (Å²) in [6.45, 7) is 2.48. The minimum Gasteiger partial charge on any atom is -0.467 e. The van der Waals surface area contributed by atoms with Crippen LogP contribution in [-0.2, 0) is 0 Å². The first-order chi connectivity index (χ1) is 9.24. The monoisotopic (exact) mass is 281 g/mol. The summed E-state index contributed by atoms with van der Waals surface area (Å²) in [4.78, 5) is 16.6. The van der Waals surface area contributed by atoms with E-state index in [1.807, 2.05) is 6.92 Å². The van der Waals surface area contributed by atoms with Gasteiger partial charge in [-0.05, 0) is 19.1 Å². The van der Waals surface area contributed by atoms with Crippen LogP contribution >= 0.6 is 11.3 Å². The van der Waals surface area contributed by atoms with Gasteiger partial charge in [-0.2, -0.15) is 0 Å². The molecular formula is C12H15N3O3S. The summed E-state index contributed by atoms with van der Waals surface area (Å²) in [7, 11) is 0. The van der Waals surface area contributed by atoms with Crippen molar-refractivity contribution in [3.8, 4) is 0 Å². The van der Waals surface area contributed by atoms with Crippen molar-refractivity contribution >= 4 is 22.4 Å². The number of hydrogen-bond donors (Lipinski definition) is 3. The van der Waals surface area contributed by atoms with Crippen LogP contribution in [0.25, 0.3) is 0 Å². The van der Waals surface area contributed by atoms with Gasteiger partial charge in [0.1, 0.15) is 16.7 Å². The molecule has 0 aromatic carbocycles. The molecule has 0 spiro atoms. The van der Waals surface area contributed by atoms with Gasteiger partial charge in [-0.1, -0.05) is 11.3 Å². The highest BCUT2D eigenvalue weighted by atomic mass is 32.1. The third-order valence-corrected chi connectivity index (χ3v) is 3.39. The number of aliphatic hydroxyl groups is 1. The van der Waals surface area contributed by atoms with Crippen molar-refractivity contribution in [2.75, 3.05) is 18.5 Å². The number of rotatable bonds is 6. The Labute approximate surface area is 114 Å². The summed E-state index contributed by atoms with van der Waals surface area (Å²) in [5.74, 6) is 0.240. The second-order valence-electron chi connectivity index (χ2n) is 3.78. The average Bonchev–Trinajstić information content (AvgIpc) is 3.07. The number of carbonyl (C=O) groups excluding carboxylic acids is 1. The molecule has 6 nitrogen and oxygen atoms in total. The topological polar surface area (TPSA) is 87.4 Å². The molecule has 2 aromatic heterocycles. The third kappa shape index (κ3) is 3.33. The molecular weight excluding hydrogens is 266 g/mol. The zero-order valence-corrected chi connectivity index (χ0v) is 11.2. The minimum atomic E-state index is -0.549. The van der Waals surface area contributed by atoms with Gasteiger partial charge in [0.25, 0.3) is 5.91 Å². The summed E-state index contributed by atoms with van der Waals surface area (Å²) in [5, 5.41) is 15.7. The largest absolute Gasteiger partial charge is 0.467 e. The molecule has 3 N–H and O–H groups in total. The maximum Gasteiger partial charge on any atom is 0.263 e. The normalized spacial score (nSPS) is 12.1. The van der Waals surface area contributed by atoms with E-state index in [1.165, 1.54) is 23.8 Å². The molecule has 1 unspecified atom stereocenters. The molecule has 102 valence electrons. The predicted molar refractivity (Wildman–Crippen MR) is 72.3 cm³/mol. The molecule has 2 rings (SSSR count). The van der Waals surface area contributed by atoms with Crippen LogP contribution < -0.4 is 10.6 Å². The first-order valence-corrected chi connectivity index (χ1v) is 6.71. The molecule has 0 aliphatic carbocycles. The number of thiazole rings is 1. The summed E-state index contributed by atoms with van der Waals surface area (Å²) < 4.78 is 5.17.